The molecule has 4 heteroatoms. The standard InChI is InChI=1S/C13H17BrN2O/c14-11-4-2-10(3-5-11)13(6-1-7-13)9-16-12(17)8-15/h2-5H,1,6-9,15H2,(H,16,17). The van der Waals surface area contributed by atoms with Gasteiger partial charge in [-0.3, -0.25) is 4.79 Å². The van der Waals surface area contributed by atoms with Gasteiger partial charge in [0.2, 0.25) is 5.91 Å². The summed E-state index contributed by atoms with van der Waals surface area (Å²) < 4.78 is 1.08. The van der Waals surface area contributed by atoms with Gasteiger partial charge in [0.15, 0.2) is 0 Å². The van der Waals surface area contributed by atoms with E-state index in [1.807, 2.05) is 0 Å². The molecule has 0 saturated heterocycles. The van der Waals surface area contributed by atoms with Crippen LogP contribution in [0.15, 0.2) is 28.7 Å². The minimum absolute atomic E-state index is 0.0659. The van der Waals surface area contributed by atoms with Gasteiger partial charge in [0.25, 0.3) is 0 Å². The van der Waals surface area contributed by atoms with Gasteiger partial charge in [0.05, 0.1) is 6.54 Å². The van der Waals surface area contributed by atoms with E-state index >= 15 is 0 Å². The Morgan fingerprint density at radius 1 is 1.35 bits per heavy atom. The number of nitrogens with one attached hydrogen (secondary N) is 1. The Balaban J connectivity index is 2.08. The molecule has 1 fully saturated rings. The number of nitrogens with two attached hydrogens (primary N) is 1. The zero-order valence-electron chi connectivity index (χ0n) is 9.71. The van der Waals surface area contributed by atoms with Gasteiger partial charge in [-0.05, 0) is 30.5 Å². The van der Waals surface area contributed by atoms with Crippen molar-refractivity contribution >= 4 is 21.8 Å². The Labute approximate surface area is 110 Å². The van der Waals surface area contributed by atoms with E-state index in [1.165, 1.54) is 12.0 Å². The summed E-state index contributed by atoms with van der Waals surface area (Å²) in [6.45, 7) is 0.765. The van der Waals surface area contributed by atoms with Gasteiger partial charge in [0.1, 0.15) is 0 Å². The third-order valence-corrected chi connectivity index (χ3v) is 4.11. The second-order valence-electron chi connectivity index (χ2n) is 4.62. The van der Waals surface area contributed by atoms with E-state index in [4.69, 9.17) is 5.73 Å². The zero-order valence-corrected chi connectivity index (χ0v) is 11.3. The highest BCUT2D eigenvalue weighted by Crippen LogP contribution is 2.43. The maximum absolute atomic E-state index is 11.2. The maximum atomic E-state index is 11.2. The quantitative estimate of drug-likeness (QED) is 0.892. The Kier molecular flexibility index (Phi) is 3.84. The van der Waals surface area contributed by atoms with Crippen molar-refractivity contribution in [1.29, 1.82) is 0 Å². The average molecular weight is 297 g/mol. The molecule has 17 heavy (non-hydrogen) atoms. The molecule has 1 aliphatic rings. The summed E-state index contributed by atoms with van der Waals surface area (Å²) in [5.41, 5.74) is 6.74. The van der Waals surface area contributed by atoms with Crippen molar-refractivity contribution in [2.24, 2.45) is 5.73 Å². The molecule has 1 aromatic rings. The first kappa shape index (κ1) is 12.6. The van der Waals surface area contributed by atoms with Gasteiger partial charge in [-0.15, -0.1) is 0 Å². The van der Waals surface area contributed by atoms with Crippen LogP contribution in [-0.4, -0.2) is 19.0 Å². The molecular weight excluding hydrogens is 280 g/mol. The predicted octanol–water partition coefficient (Wildman–Crippen LogP) is 1.95. The van der Waals surface area contributed by atoms with Crippen molar-refractivity contribution in [1.82, 2.24) is 5.32 Å². The summed E-state index contributed by atoms with van der Waals surface area (Å²) in [6.07, 6.45) is 3.51. The van der Waals surface area contributed by atoms with Crippen LogP contribution in [0.25, 0.3) is 0 Å². The van der Waals surface area contributed by atoms with Gasteiger partial charge in [0, 0.05) is 16.4 Å². The molecule has 2 rings (SSSR count). The maximum Gasteiger partial charge on any atom is 0.233 e. The summed E-state index contributed by atoms with van der Waals surface area (Å²) in [5.74, 6) is -0.0756. The highest BCUT2D eigenvalue weighted by atomic mass is 79.9. The number of hydrogen-bond acceptors (Lipinski definition) is 2. The van der Waals surface area contributed by atoms with Crippen molar-refractivity contribution < 1.29 is 4.79 Å². The van der Waals surface area contributed by atoms with Crippen LogP contribution in [0.2, 0.25) is 0 Å². The number of carbonyl (C=O) groups is 1. The molecule has 1 aromatic carbocycles. The third-order valence-electron chi connectivity index (χ3n) is 3.58. The molecule has 0 heterocycles. The fourth-order valence-electron chi connectivity index (χ4n) is 2.31. The molecule has 0 atom stereocenters. The van der Waals surface area contributed by atoms with E-state index in [1.54, 1.807) is 0 Å². The molecular formula is C13H17BrN2O. The number of amides is 1. The molecule has 0 bridgehead atoms. The molecule has 0 aromatic heterocycles. The molecule has 0 unspecified atom stereocenters. The lowest BCUT2D eigenvalue weighted by molar-refractivity contribution is -0.120. The molecule has 3 N–H and O–H groups in total. The van der Waals surface area contributed by atoms with Crippen LogP contribution in [0.4, 0.5) is 0 Å². The molecule has 92 valence electrons. The Morgan fingerprint density at radius 2 is 2.00 bits per heavy atom. The fraction of sp³-hybridized carbons (Fsp3) is 0.462. The Bertz CT molecular complexity index is 398. The van der Waals surface area contributed by atoms with Crippen LogP contribution in [-0.2, 0) is 10.2 Å². The molecule has 1 aliphatic carbocycles. The third kappa shape index (κ3) is 2.69. The summed E-state index contributed by atoms with van der Waals surface area (Å²) in [4.78, 5) is 11.2. The highest BCUT2D eigenvalue weighted by Gasteiger charge is 2.38. The minimum atomic E-state index is -0.0756. The highest BCUT2D eigenvalue weighted by molar-refractivity contribution is 9.10. The van der Waals surface area contributed by atoms with Crippen molar-refractivity contribution in [3.63, 3.8) is 0 Å². The predicted molar refractivity (Wildman–Crippen MR) is 71.7 cm³/mol. The van der Waals surface area contributed by atoms with E-state index in [-0.39, 0.29) is 17.9 Å². The van der Waals surface area contributed by atoms with E-state index < -0.39 is 0 Å². The van der Waals surface area contributed by atoms with Crippen molar-refractivity contribution in [3.05, 3.63) is 34.3 Å². The molecule has 0 aliphatic heterocycles. The van der Waals surface area contributed by atoms with Gasteiger partial charge in [-0.25, -0.2) is 0 Å². The van der Waals surface area contributed by atoms with Crippen LogP contribution in [0.5, 0.6) is 0 Å². The van der Waals surface area contributed by atoms with E-state index in [0.717, 1.165) is 17.3 Å². The second kappa shape index (κ2) is 5.19. The number of benzene rings is 1. The van der Waals surface area contributed by atoms with Gasteiger partial charge >= 0.3 is 0 Å². The Morgan fingerprint density at radius 3 is 2.47 bits per heavy atom. The van der Waals surface area contributed by atoms with Crippen LogP contribution >= 0.6 is 15.9 Å². The number of rotatable bonds is 4. The van der Waals surface area contributed by atoms with Crippen LogP contribution in [0.3, 0.4) is 0 Å². The fourth-order valence-corrected chi connectivity index (χ4v) is 2.58. The largest absolute Gasteiger partial charge is 0.354 e. The molecule has 1 saturated carbocycles. The molecule has 0 spiro atoms. The van der Waals surface area contributed by atoms with E-state index in [9.17, 15) is 4.79 Å². The van der Waals surface area contributed by atoms with Crippen LogP contribution in [0.1, 0.15) is 24.8 Å². The smallest absolute Gasteiger partial charge is 0.233 e. The topological polar surface area (TPSA) is 55.1 Å². The SMILES string of the molecule is NCC(=O)NCC1(c2ccc(Br)cc2)CCC1. The summed E-state index contributed by atoms with van der Waals surface area (Å²) in [6, 6.07) is 8.38. The first-order valence-electron chi connectivity index (χ1n) is 5.89. The molecule has 0 radical (unpaired) electrons. The van der Waals surface area contributed by atoms with Crippen molar-refractivity contribution in [2.75, 3.05) is 13.1 Å². The Hall–Kier alpha value is -0.870. The number of halogens is 1. The van der Waals surface area contributed by atoms with Crippen molar-refractivity contribution in [2.45, 2.75) is 24.7 Å². The summed E-state index contributed by atoms with van der Waals surface area (Å²) in [5, 5.41) is 2.91. The monoisotopic (exact) mass is 296 g/mol. The van der Waals surface area contributed by atoms with Gasteiger partial charge < -0.3 is 11.1 Å². The van der Waals surface area contributed by atoms with Gasteiger partial charge in [-0.1, -0.05) is 34.5 Å². The molecule has 1 amide bonds. The summed E-state index contributed by atoms with van der Waals surface area (Å²) in [7, 11) is 0. The lowest BCUT2D eigenvalue weighted by Crippen LogP contribution is -2.46. The zero-order chi connectivity index (χ0) is 12.3. The van der Waals surface area contributed by atoms with E-state index in [0.29, 0.717) is 6.54 Å². The number of carbonyl (C=O) groups excluding carboxylic acids is 1. The van der Waals surface area contributed by atoms with Crippen LogP contribution < -0.4 is 11.1 Å². The number of hydrogen-bond donors (Lipinski definition) is 2. The first-order valence-corrected chi connectivity index (χ1v) is 6.68. The normalized spacial score (nSPS) is 17.3. The van der Waals surface area contributed by atoms with Crippen molar-refractivity contribution in [3.8, 4) is 0 Å². The van der Waals surface area contributed by atoms with Gasteiger partial charge in [-0.2, -0.15) is 0 Å². The lowest BCUT2D eigenvalue weighted by atomic mass is 9.64. The second-order valence-corrected chi connectivity index (χ2v) is 5.54. The lowest BCUT2D eigenvalue weighted by Gasteiger charge is -2.42. The first-order chi connectivity index (χ1) is 8.16. The minimum Gasteiger partial charge on any atom is -0.354 e. The van der Waals surface area contributed by atoms with E-state index in [2.05, 4.69) is 45.5 Å². The van der Waals surface area contributed by atoms with Crippen LogP contribution in [0, 0.1) is 0 Å². The average Bonchev–Trinajstić information content (AvgIpc) is 2.29. The molecule has 3 nitrogen and oxygen atoms in total. The summed E-state index contributed by atoms with van der Waals surface area (Å²) >= 11 is 3.44.